The average Bonchev–Trinajstić information content (AvgIpc) is 2.22. The Morgan fingerprint density at radius 1 is 1.47 bits per heavy atom. The van der Waals surface area contributed by atoms with Gasteiger partial charge in [-0.3, -0.25) is 9.69 Å². The minimum Gasteiger partial charge on any atom is -0.480 e. The third kappa shape index (κ3) is 2.35. The summed E-state index contributed by atoms with van der Waals surface area (Å²) in [5.74, 6) is 0.720. The van der Waals surface area contributed by atoms with Crippen LogP contribution in [0.2, 0.25) is 0 Å². The summed E-state index contributed by atoms with van der Waals surface area (Å²) in [6.07, 6.45) is 6.44. The van der Waals surface area contributed by atoms with Crippen molar-refractivity contribution < 1.29 is 9.90 Å². The maximum absolute atomic E-state index is 11.7. The van der Waals surface area contributed by atoms with Crippen molar-refractivity contribution in [3.63, 3.8) is 0 Å². The molecule has 2 fully saturated rings. The molecule has 2 aliphatic rings. The van der Waals surface area contributed by atoms with Crippen LogP contribution < -0.4 is 0 Å². The molecule has 98 valence electrons. The standard InChI is InChI=1S/C14H25NO2/c1-3-5-12-9-15(10-12)14(13(16)17)7-4-6-11(2)8-14/h11-12H,3-10H2,1-2H3,(H,16,17). The molecule has 0 radical (unpaired) electrons. The highest BCUT2D eigenvalue weighted by Crippen LogP contribution is 2.41. The van der Waals surface area contributed by atoms with E-state index in [0.717, 1.165) is 38.3 Å². The molecule has 0 aromatic heterocycles. The summed E-state index contributed by atoms with van der Waals surface area (Å²) in [7, 11) is 0. The minimum absolute atomic E-state index is 0.526. The molecular weight excluding hydrogens is 214 g/mol. The fourth-order valence-corrected chi connectivity index (χ4v) is 3.65. The van der Waals surface area contributed by atoms with Crippen LogP contribution in [0.25, 0.3) is 0 Å². The van der Waals surface area contributed by atoms with Gasteiger partial charge in [-0.15, -0.1) is 0 Å². The number of nitrogens with zero attached hydrogens (tertiary/aromatic N) is 1. The molecule has 2 unspecified atom stereocenters. The zero-order chi connectivity index (χ0) is 12.5. The van der Waals surface area contributed by atoms with Crippen LogP contribution in [0.4, 0.5) is 0 Å². The van der Waals surface area contributed by atoms with Crippen molar-refractivity contribution in [1.29, 1.82) is 0 Å². The Balaban J connectivity index is 2.01. The van der Waals surface area contributed by atoms with Gasteiger partial charge in [-0.1, -0.05) is 33.1 Å². The highest BCUT2D eigenvalue weighted by molar-refractivity contribution is 5.79. The van der Waals surface area contributed by atoms with Crippen molar-refractivity contribution in [2.24, 2.45) is 11.8 Å². The molecule has 1 saturated carbocycles. The first-order valence-electron chi connectivity index (χ1n) is 7.07. The van der Waals surface area contributed by atoms with E-state index < -0.39 is 11.5 Å². The first-order valence-corrected chi connectivity index (χ1v) is 7.07. The number of aliphatic carboxylic acids is 1. The number of hydrogen-bond donors (Lipinski definition) is 1. The molecule has 1 N–H and O–H groups in total. The Kier molecular flexibility index (Phi) is 3.76. The van der Waals surface area contributed by atoms with Gasteiger partial charge in [0.15, 0.2) is 0 Å². The van der Waals surface area contributed by atoms with Gasteiger partial charge in [-0.2, -0.15) is 0 Å². The predicted octanol–water partition coefficient (Wildman–Crippen LogP) is 2.75. The van der Waals surface area contributed by atoms with Crippen LogP contribution in [-0.4, -0.2) is 34.6 Å². The lowest BCUT2D eigenvalue weighted by atomic mass is 9.72. The van der Waals surface area contributed by atoms with Gasteiger partial charge in [-0.25, -0.2) is 0 Å². The van der Waals surface area contributed by atoms with E-state index in [-0.39, 0.29) is 0 Å². The molecule has 1 saturated heterocycles. The summed E-state index contributed by atoms with van der Waals surface area (Å²) in [6.45, 7) is 6.41. The average molecular weight is 239 g/mol. The van der Waals surface area contributed by atoms with Crippen LogP contribution in [0.5, 0.6) is 0 Å². The molecule has 0 aromatic carbocycles. The molecule has 1 aliphatic carbocycles. The number of carbonyl (C=O) groups is 1. The first kappa shape index (κ1) is 12.9. The van der Waals surface area contributed by atoms with Crippen molar-refractivity contribution in [2.75, 3.05) is 13.1 Å². The fourth-order valence-electron chi connectivity index (χ4n) is 3.65. The van der Waals surface area contributed by atoms with Gasteiger partial charge < -0.3 is 5.11 Å². The van der Waals surface area contributed by atoms with Crippen molar-refractivity contribution in [1.82, 2.24) is 4.90 Å². The van der Waals surface area contributed by atoms with Crippen LogP contribution in [0.1, 0.15) is 52.4 Å². The largest absolute Gasteiger partial charge is 0.480 e. The summed E-state index contributed by atoms with van der Waals surface area (Å²) in [5.41, 5.74) is -0.526. The van der Waals surface area contributed by atoms with Crippen LogP contribution in [0, 0.1) is 11.8 Å². The normalized spacial score (nSPS) is 35.5. The molecule has 0 spiro atoms. The molecule has 3 heteroatoms. The summed E-state index contributed by atoms with van der Waals surface area (Å²) < 4.78 is 0. The lowest BCUT2D eigenvalue weighted by Gasteiger charge is -2.52. The van der Waals surface area contributed by atoms with Crippen molar-refractivity contribution in [3.8, 4) is 0 Å². The monoisotopic (exact) mass is 239 g/mol. The smallest absolute Gasteiger partial charge is 0.324 e. The first-order chi connectivity index (χ1) is 8.08. The second-order valence-electron chi connectivity index (χ2n) is 6.10. The highest BCUT2D eigenvalue weighted by atomic mass is 16.4. The number of carboxylic acid groups (broad SMARTS) is 1. The zero-order valence-electron chi connectivity index (χ0n) is 11.1. The quantitative estimate of drug-likeness (QED) is 0.820. The Morgan fingerprint density at radius 2 is 2.18 bits per heavy atom. The molecule has 2 atom stereocenters. The molecule has 0 aromatic rings. The van der Waals surface area contributed by atoms with Gasteiger partial charge in [0.25, 0.3) is 0 Å². The fraction of sp³-hybridized carbons (Fsp3) is 0.929. The number of likely N-dealkylation sites (tertiary alicyclic amines) is 1. The highest BCUT2D eigenvalue weighted by Gasteiger charge is 2.50. The van der Waals surface area contributed by atoms with Gasteiger partial charge in [0.2, 0.25) is 0 Å². The van der Waals surface area contributed by atoms with E-state index in [9.17, 15) is 9.90 Å². The summed E-state index contributed by atoms with van der Waals surface area (Å²) >= 11 is 0. The minimum atomic E-state index is -0.584. The van der Waals surface area contributed by atoms with Crippen molar-refractivity contribution in [2.45, 2.75) is 57.9 Å². The summed E-state index contributed by atoms with van der Waals surface area (Å²) in [6, 6.07) is 0. The molecule has 1 aliphatic heterocycles. The molecule has 1 heterocycles. The molecule has 3 nitrogen and oxygen atoms in total. The Labute approximate surface area is 104 Å². The molecule has 17 heavy (non-hydrogen) atoms. The lowest BCUT2D eigenvalue weighted by Crippen LogP contribution is -2.64. The third-order valence-corrected chi connectivity index (χ3v) is 4.63. The second kappa shape index (κ2) is 4.97. The molecular formula is C14H25NO2. The predicted molar refractivity (Wildman–Crippen MR) is 68.0 cm³/mol. The maximum Gasteiger partial charge on any atom is 0.324 e. The second-order valence-corrected chi connectivity index (χ2v) is 6.10. The molecule has 0 bridgehead atoms. The number of rotatable bonds is 4. The Morgan fingerprint density at radius 3 is 2.71 bits per heavy atom. The van der Waals surface area contributed by atoms with Gasteiger partial charge in [0, 0.05) is 13.1 Å². The van der Waals surface area contributed by atoms with Crippen LogP contribution in [-0.2, 0) is 4.79 Å². The van der Waals surface area contributed by atoms with Crippen LogP contribution in [0.3, 0.4) is 0 Å². The zero-order valence-corrected chi connectivity index (χ0v) is 11.1. The van der Waals surface area contributed by atoms with Gasteiger partial charge in [-0.05, 0) is 31.1 Å². The lowest BCUT2D eigenvalue weighted by molar-refractivity contribution is -0.162. The maximum atomic E-state index is 11.7. The van der Waals surface area contributed by atoms with E-state index in [1.54, 1.807) is 0 Å². The van der Waals surface area contributed by atoms with E-state index in [2.05, 4.69) is 18.7 Å². The summed E-state index contributed by atoms with van der Waals surface area (Å²) in [5, 5.41) is 9.62. The van der Waals surface area contributed by atoms with E-state index in [1.165, 1.54) is 19.3 Å². The summed E-state index contributed by atoms with van der Waals surface area (Å²) in [4.78, 5) is 13.9. The number of carboxylic acids is 1. The SMILES string of the molecule is CCCC1CN(C2(C(=O)O)CCCC(C)C2)C1. The van der Waals surface area contributed by atoms with E-state index in [4.69, 9.17) is 0 Å². The van der Waals surface area contributed by atoms with E-state index in [0.29, 0.717) is 5.92 Å². The molecule has 2 rings (SSSR count). The number of hydrogen-bond acceptors (Lipinski definition) is 2. The van der Waals surface area contributed by atoms with Crippen LogP contribution >= 0.6 is 0 Å². The third-order valence-electron chi connectivity index (χ3n) is 4.63. The molecule has 0 amide bonds. The van der Waals surface area contributed by atoms with Gasteiger partial charge in [0.1, 0.15) is 5.54 Å². The van der Waals surface area contributed by atoms with E-state index in [1.807, 2.05) is 0 Å². The van der Waals surface area contributed by atoms with Crippen molar-refractivity contribution in [3.05, 3.63) is 0 Å². The van der Waals surface area contributed by atoms with E-state index >= 15 is 0 Å². The topological polar surface area (TPSA) is 40.5 Å². The van der Waals surface area contributed by atoms with Gasteiger partial charge >= 0.3 is 5.97 Å². The Bertz CT molecular complexity index is 286. The van der Waals surface area contributed by atoms with Gasteiger partial charge in [0.05, 0.1) is 0 Å². The van der Waals surface area contributed by atoms with Crippen LogP contribution in [0.15, 0.2) is 0 Å². The van der Waals surface area contributed by atoms with Crippen molar-refractivity contribution >= 4 is 5.97 Å². The Hall–Kier alpha value is -0.570.